The molecule has 17 heavy (non-hydrogen) atoms. The quantitative estimate of drug-likeness (QED) is 0.943. The Morgan fingerprint density at radius 2 is 2.29 bits per heavy atom. The summed E-state index contributed by atoms with van der Waals surface area (Å²) in [5.74, 6) is 0.554. The molecule has 0 aromatic carbocycles. The summed E-state index contributed by atoms with van der Waals surface area (Å²) in [7, 11) is 0. The van der Waals surface area contributed by atoms with E-state index in [9.17, 15) is 4.79 Å². The van der Waals surface area contributed by atoms with Gasteiger partial charge >= 0.3 is 0 Å². The van der Waals surface area contributed by atoms with E-state index in [-0.39, 0.29) is 5.56 Å². The van der Waals surface area contributed by atoms with Gasteiger partial charge in [-0.25, -0.2) is 4.98 Å². The molecule has 0 aliphatic rings. The molecule has 2 aromatic heterocycles. The van der Waals surface area contributed by atoms with Crippen LogP contribution in [0, 0.1) is 6.92 Å². The zero-order valence-corrected chi connectivity index (χ0v) is 11.3. The van der Waals surface area contributed by atoms with Crippen molar-refractivity contribution in [1.29, 1.82) is 0 Å². The average Bonchev–Trinajstić information content (AvgIpc) is 2.74. The Balaban J connectivity index is 2.42. The van der Waals surface area contributed by atoms with Gasteiger partial charge in [-0.3, -0.25) is 9.48 Å². The topological polar surface area (TPSA) is 63.6 Å². The number of hydrogen-bond donors (Lipinski definition) is 1. The summed E-state index contributed by atoms with van der Waals surface area (Å²) in [5, 5.41) is 4.21. The molecular formula is C11H13BrN4O. The minimum Gasteiger partial charge on any atom is -0.305 e. The van der Waals surface area contributed by atoms with E-state index in [1.165, 1.54) is 0 Å². The third-order valence-electron chi connectivity index (χ3n) is 2.39. The highest BCUT2D eigenvalue weighted by molar-refractivity contribution is 9.10. The summed E-state index contributed by atoms with van der Waals surface area (Å²) in [6.45, 7) is 4.74. The van der Waals surface area contributed by atoms with E-state index in [0.29, 0.717) is 16.0 Å². The van der Waals surface area contributed by atoms with Gasteiger partial charge in [-0.2, -0.15) is 5.10 Å². The van der Waals surface area contributed by atoms with Gasteiger partial charge in [-0.1, -0.05) is 6.92 Å². The Labute approximate surface area is 107 Å². The summed E-state index contributed by atoms with van der Waals surface area (Å²) in [6, 6.07) is 0. The average molecular weight is 297 g/mol. The van der Waals surface area contributed by atoms with Gasteiger partial charge in [0.2, 0.25) is 0 Å². The fraction of sp³-hybridized carbons (Fsp3) is 0.364. The van der Waals surface area contributed by atoms with Crippen LogP contribution in [-0.4, -0.2) is 19.7 Å². The number of nitrogens with zero attached hydrogens (tertiary/aromatic N) is 3. The van der Waals surface area contributed by atoms with E-state index in [1.807, 2.05) is 10.9 Å². The maximum absolute atomic E-state index is 11.6. The minimum absolute atomic E-state index is 0.171. The monoisotopic (exact) mass is 296 g/mol. The van der Waals surface area contributed by atoms with Gasteiger partial charge in [0.05, 0.1) is 17.5 Å². The van der Waals surface area contributed by atoms with Crippen LogP contribution in [0.3, 0.4) is 0 Å². The molecule has 0 aliphatic heterocycles. The summed E-state index contributed by atoms with van der Waals surface area (Å²) >= 11 is 3.19. The van der Waals surface area contributed by atoms with E-state index < -0.39 is 0 Å². The van der Waals surface area contributed by atoms with Gasteiger partial charge in [0, 0.05) is 12.7 Å². The van der Waals surface area contributed by atoms with Crippen molar-refractivity contribution in [1.82, 2.24) is 19.7 Å². The van der Waals surface area contributed by atoms with Crippen molar-refractivity contribution >= 4 is 15.9 Å². The first-order chi connectivity index (χ1) is 8.11. The number of aromatic amines is 1. The van der Waals surface area contributed by atoms with Crippen molar-refractivity contribution in [3.8, 4) is 11.4 Å². The zero-order valence-electron chi connectivity index (χ0n) is 9.70. The largest absolute Gasteiger partial charge is 0.305 e. The van der Waals surface area contributed by atoms with Gasteiger partial charge in [-0.05, 0) is 29.3 Å². The molecule has 0 amide bonds. The maximum Gasteiger partial charge on any atom is 0.265 e. The van der Waals surface area contributed by atoms with Gasteiger partial charge in [-0.15, -0.1) is 0 Å². The maximum atomic E-state index is 11.6. The Kier molecular flexibility index (Phi) is 3.42. The first-order valence-electron chi connectivity index (χ1n) is 5.41. The number of hydrogen-bond acceptors (Lipinski definition) is 3. The summed E-state index contributed by atoms with van der Waals surface area (Å²) in [4.78, 5) is 18.6. The number of halogens is 1. The molecule has 0 atom stereocenters. The summed E-state index contributed by atoms with van der Waals surface area (Å²) < 4.78 is 2.31. The lowest BCUT2D eigenvalue weighted by Crippen LogP contribution is -2.11. The van der Waals surface area contributed by atoms with Gasteiger partial charge in [0.1, 0.15) is 10.3 Å². The highest BCUT2D eigenvalue weighted by Gasteiger charge is 2.08. The molecule has 0 radical (unpaired) electrons. The molecule has 0 saturated carbocycles. The molecule has 2 rings (SSSR count). The van der Waals surface area contributed by atoms with Crippen LogP contribution in [0.15, 0.2) is 21.7 Å². The third-order valence-corrected chi connectivity index (χ3v) is 3.32. The molecule has 0 unspecified atom stereocenters. The van der Waals surface area contributed by atoms with Crippen molar-refractivity contribution in [2.45, 2.75) is 26.8 Å². The van der Waals surface area contributed by atoms with E-state index in [4.69, 9.17) is 0 Å². The van der Waals surface area contributed by atoms with Crippen LogP contribution in [0.5, 0.6) is 0 Å². The minimum atomic E-state index is -0.171. The third kappa shape index (κ3) is 2.46. The highest BCUT2D eigenvalue weighted by atomic mass is 79.9. The number of aromatic nitrogens is 4. The summed E-state index contributed by atoms with van der Waals surface area (Å²) in [6.07, 6.45) is 4.61. The second kappa shape index (κ2) is 4.83. The Hall–Kier alpha value is -1.43. The van der Waals surface area contributed by atoms with Crippen LogP contribution >= 0.6 is 15.9 Å². The lowest BCUT2D eigenvalue weighted by Gasteiger charge is -2.00. The van der Waals surface area contributed by atoms with Crippen LogP contribution < -0.4 is 5.56 Å². The van der Waals surface area contributed by atoms with Crippen molar-refractivity contribution in [2.75, 3.05) is 0 Å². The molecule has 0 fully saturated rings. The molecular weight excluding hydrogens is 284 g/mol. The standard InChI is InChI=1S/C11H13BrN4O/c1-3-4-16-6-8(5-13-16)10-14-7(2)9(12)11(17)15-10/h5-6H,3-4H2,1-2H3,(H,14,15,17). The normalized spacial score (nSPS) is 10.8. The first-order valence-corrected chi connectivity index (χ1v) is 6.20. The molecule has 6 heteroatoms. The van der Waals surface area contributed by atoms with Gasteiger partial charge < -0.3 is 4.98 Å². The molecule has 0 spiro atoms. The molecule has 2 aromatic rings. The van der Waals surface area contributed by atoms with Crippen LogP contribution in [-0.2, 0) is 6.54 Å². The molecule has 0 aliphatic carbocycles. The molecule has 5 nitrogen and oxygen atoms in total. The number of H-pyrrole nitrogens is 1. The van der Waals surface area contributed by atoms with E-state index >= 15 is 0 Å². The molecule has 2 heterocycles. The van der Waals surface area contributed by atoms with Gasteiger partial charge in [0.25, 0.3) is 5.56 Å². The van der Waals surface area contributed by atoms with E-state index in [2.05, 4.69) is 37.9 Å². The van der Waals surface area contributed by atoms with E-state index in [0.717, 1.165) is 18.5 Å². The Morgan fingerprint density at radius 1 is 1.53 bits per heavy atom. The number of aryl methyl sites for hydroxylation is 2. The van der Waals surface area contributed by atoms with Crippen molar-refractivity contribution in [3.05, 3.63) is 32.9 Å². The predicted molar refractivity (Wildman–Crippen MR) is 68.8 cm³/mol. The first kappa shape index (κ1) is 12.0. The molecule has 90 valence electrons. The van der Waals surface area contributed by atoms with Gasteiger partial charge in [0.15, 0.2) is 0 Å². The molecule has 1 N–H and O–H groups in total. The lowest BCUT2D eigenvalue weighted by molar-refractivity contribution is 0.603. The van der Waals surface area contributed by atoms with Crippen LogP contribution in [0.1, 0.15) is 19.0 Å². The number of rotatable bonds is 3. The zero-order chi connectivity index (χ0) is 12.4. The molecule has 0 saturated heterocycles. The Morgan fingerprint density at radius 3 is 2.94 bits per heavy atom. The number of nitrogens with one attached hydrogen (secondary N) is 1. The second-order valence-corrected chi connectivity index (χ2v) is 4.60. The van der Waals surface area contributed by atoms with Crippen molar-refractivity contribution in [2.24, 2.45) is 0 Å². The predicted octanol–water partition coefficient (Wildman–Crippen LogP) is 2.11. The lowest BCUT2D eigenvalue weighted by atomic mass is 10.3. The van der Waals surface area contributed by atoms with Crippen molar-refractivity contribution < 1.29 is 0 Å². The second-order valence-electron chi connectivity index (χ2n) is 3.81. The summed E-state index contributed by atoms with van der Waals surface area (Å²) in [5.41, 5.74) is 1.33. The van der Waals surface area contributed by atoms with Crippen LogP contribution in [0.2, 0.25) is 0 Å². The smallest absolute Gasteiger partial charge is 0.265 e. The highest BCUT2D eigenvalue weighted by Crippen LogP contribution is 2.15. The van der Waals surface area contributed by atoms with Crippen LogP contribution in [0.4, 0.5) is 0 Å². The fourth-order valence-electron chi connectivity index (χ4n) is 1.55. The van der Waals surface area contributed by atoms with Crippen molar-refractivity contribution in [3.63, 3.8) is 0 Å². The van der Waals surface area contributed by atoms with E-state index in [1.54, 1.807) is 13.1 Å². The SMILES string of the molecule is CCCn1cc(-c2nc(C)c(Br)c(=O)[nH]2)cn1. The fourth-order valence-corrected chi connectivity index (χ4v) is 1.73. The molecule has 0 bridgehead atoms. The Bertz CT molecular complexity index is 587. The van der Waals surface area contributed by atoms with Crippen LogP contribution in [0.25, 0.3) is 11.4 Å².